The Kier molecular flexibility index (Phi) is 8.74. The number of carbonyl (C=O) groups excluding carboxylic acids is 1. The van der Waals surface area contributed by atoms with Crippen LogP contribution in [0.2, 0.25) is 10.0 Å². The minimum atomic E-state index is -3.52. The molecule has 0 spiro atoms. The first-order chi connectivity index (χ1) is 16.8. The van der Waals surface area contributed by atoms with Gasteiger partial charge >= 0.3 is 5.97 Å². The van der Waals surface area contributed by atoms with Gasteiger partial charge in [-0.25, -0.2) is 12.8 Å². The molecular weight excluding hydrogens is 528 g/mol. The highest BCUT2D eigenvalue weighted by atomic mass is 35.5. The van der Waals surface area contributed by atoms with E-state index in [4.69, 9.17) is 23.2 Å². The second-order valence-electron chi connectivity index (χ2n) is 9.85. The number of amides is 1. The van der Waals surface area contributed by atoms with Gasteiger partial charge < -0.3 is 10.4 Å². The van der Waals surface area contributed by atoms with Crippen molar-refractivity contribution in [3.63, 3.8) is 0 Å². The van der Waals surface area contributed by atoms with Gasteiger partial charge in [0, 0.05) is 27.8 Å². The highest BCUT2D eigenvalue weighted by molar-refractivity contribution is 7.91. The lowest BCUT2D eigenvalue weighted by Crippen LogP contribution is -2.56. The minimum Gasteiger partial charge on any atom is -0.481 e. The highest BCUT2D eigenvalue weighted by Crippen LogP contribution is 2.45. The average molecular weight is 558 g/mol. The minimum absolute atomic E-state index is 0.0658. The van der Waals surface area contributed by atoms with Gasteiger partial charge in [0.1, 0.15) is 5.82 Å². The summed E-state index contributed by atoms with van der Waals surface area (Å²) in [5.41, 5.74) is -0.109. The summed E-state index contributed by atoms with van der Waals surface area (Å²) < 4.78 is 40.5. The van der Waals surface area contributed by atoms with Crippen LogP contribution >= 0.6 is 23.2 Å². The maximum Gasteiger partial charge on any atom is 0.304 e. The molecular formula is C26H30Cl2FNO5S. The molecule has 1 fully saturated rings. The third-order valence-corrected chi connectivity index (χ3v) is 9.69. The van der Waals surface area contributed by atoms with Crippen molar-refractivity contribution in [2.24, 2.45) is 11.3 Å². The maximum absolute atomic E-state index is 14.3. The van der Waals surface area contributed by atoms with E-state index < -0.39 is 56.6 Å². The van der Waals surface area contributed by atoms with Crippen molar-refractivity contribution in [2.75, 3.05) is 5.75 Å². The van der Waals surface area contributed by atoms with Crippen molar-refractivity contribution < 1.29 is 27.5 Å². The summed E-state index contributed by atoms with van der Waals surface area (Å²) in [6.45, 7) is 5.00. The molecule has 1 heterocycles. The van der Waals surface area contributed by atoms with Crippen molar-refractivity contribution in [3.05, 3.63) is 69.5 Å². The van der Waals surface area contributed by atoms with Gasteiger partial charge in [0.25, 0.3) is 0 Å². The number of carboxylic acids is 1. The highest BCUT2D eigenvalue weighted by Gasteiger charge is 2.48. The van der Waals surface area contributed by atoms with Crippen LogP contribution in [0.15, 0.2) is 42.5 Å². The van der Waals surface area contributed by atoms with Crippen LogP contribution < -0.4 is 5.32 Å². The van der Waals surface area contributed by atoms with Gasteiger partial charge in [-0.1, -0.05) is 56.1 Å². The topological polar surface area (TPSA) is 101 Å². The van der Waals surface area contributed by atoms with E-state index in [2.05, 4.69) is 5.32 Å². The number of piperidine rings is 1. The van der Waals surface area contributed by atoms with E-state index in [0.29, 0.717) is 16.1 Å². The van der Waals surface area contributed by atoms with Gasteiger partial charge in [-0.05, 0) is 60.2 Å². The van der Waals surface area contributed by atoms with Crippen LogP contribution in [0.4, 0.5) is 4.39 Å². The number of benzene rings is 2. The number of halogens is 3. The van der Waals surface area contributed by atoms with E-state index in [-0.39, 0.29) is 29.5 Å². The Morgan fingerprint density at radius 3 is 2.39 bits per heavy atom. The first kappa shape index (κ1) is 28.4. The number of carboxylic acid groups (broad SMARTS) is 1. The summed E-state index contributed by atoms with van der Waals surface area (Å²) in [5, 5.41) is 12.2. The summed E-state index contributed by atoms with van der Waals surface area (Å²) in [4.78, 5) is 24.6. The second-order valence-corrected chi connectivity index (χ2v) is 13.2. The van der Waals surface area contributed by atoms with Crippen LogP contribution in [0.1, 0.15) is 62.3 Å². The molecule has 2 aromatic rings. The fourth-order valence-corrected chi connectivity index (χ4v) is 7.05. The van der Waals surface area contributed by atoms with E-state index in [0.717, 1.165) is 0 Å². The molecule has 3 rings (SSSR count). The molecule has 0 radical (unpaired) electrons. The van der Waals surface area contributed by atoms with Crippen LogP contribution in [0, 0.1) is 17.2 Å². The molecule has 1 aliphatic rings. The van der Waals surface area contributed by atoms with Crippen molar-refractivity contribution in [1.82, 2.24) is 5.32 Å². The van der Waals surface area contributed by atoms with Gasteiger partial charge in [-0.15, -0.1) is 0 Å². The predicted octanol–water partition coefficient (Wildman–Crippen LogP) is 5.79. The number of hydrogen-bond acceptors (Lipinski definition) is 4. The molecule has 1 saturated heterocycles. The van der Waals surface area contributed by atoms with Crippen molar-refractivity contribution in [2.45, 2.75) is 57.2 Å². The number of sulfone groups is 1. The SMILES string of the molecule is CCS(=O)(=O)[C@@H](CC(C)[C@@H]1NC(=O)[C@](C)(CC(=O)O)C[C@@H]1c1cc(F)cc(Cl)c1)c1ccc(Cl)cc1. The van der Waals surface area contributed by atoms with Crippen molar-refractivity contribution in [3.8, 4) is 0 Å². The van der Waals surface area contributed by atoms with Gasteiger partial charge in [0.2, 0.25) is 5.91 Å². The zero-order valence-corrected chi connectivity index (χ0v) is 22.6. The maximum atomic E-state index is 14.3. The summed E-state index contributed by atoms with van der Waals surface area (Å²) in [6, 6.07) is 10.2. The Bertz CT molecular complexity index is 1220. The molecule has 5 atom stereocenters. The quantitative estimate of drug-likeness (QED) is 0.406. The lowest BCUT2D eigenvalue weighted by molar-refractivity contribution is -0.147. The molecule has 1 amide bonds. The summed E-state index contributed by atoms with van der Waals surface area (Å²) >= 11 is 12.1. The normalized spacial score (nSPS) is 24.1. The molecule has 10 heteroatoms. The monoisotopic (exact) mass is 557 g/mol. The largest absolute Gasteiger partial charge is 0.481 e. The molecule has 2 aromatic carbocycles. The van der Waals surface area contributed by atoms with Crippen LogP contribution in [0.3, 0.4) is 0 Å². The Morgan fingerprint density at radius 2 is 1.83 bits per heavy atom. The first-order valence-corrected chi connectivity index (χ1v) is 14.2. The average Bonchev–Trinajstić information content (AvgIpc) is 2.78. The number of carbonyl (C=O) groups is 2. The third kappa shape index (κ3) is 6.39. The fraction of sp³-hybridized carbons (Fsp3) is 0.462. The van der Waals surface area contributed by atoms with Crippen LogP contribution in [0.25, 0.3) is 0 Å². The lowest BCUT2D eigenvalue weighted by Gasteiger charge is -2.45. The number of aliphatic carboxylic acids is 1. The molecule has 0 saturated carbocycles. The van der Waals surface area contributed by atoms with E-state index >= 15 is 0 Å². The van der Waals surface area contributed by atoms with Gasteiger partial charge in [0.15, 0.2) is 9.84 Å². The number of nitrogens with one attached hydrogen (secondary N) is 1. The number of rotatable bonds is 9. The third-order valence-electron chi connectivity index (χ3n) is 7.08. The van der Waals surface area contributed by atoms with Gasteiger partial charge in [-0.3, -0.25) is 9.59 Å². The van der Waals surface area contributed by atoms with Gasteiger partial charge in [-0.2, -0.15) is 0 Å². The molecule has 0 aliphatic carbocycles. The van der Waals surface area contributed by atoms with E-state index in [1.54, 1.807) is 44.2 Å². The number of hydrogen-bond donors (Lipinski definition) is 2. The molecule has 196 valence electrons. The van der Waals surface area contributed by atoms with Crippen LogP contribution in [-0.2, 0) is 19.4 Å². The fourth-order valence-electron chi connectivity index (χ4n) is 5.12. The molecule has 0 aromatic heterocycles. The summed E-state index contributed by atoms with van der Waals surface area (Å²) in [5.74, 6) is -3.01. The molecule has 1 unspecified atom stereocenters. The first-order valence-electron chi connectivity index (χ1n) is 11.7. The van der Waals surface area contributed by atoms with E-state index in [9.17, 15) is 27.5 Å². The zero-order valence-electron chi connectivity index (χ0n) is 20.3. The van der Waals surface area contributed by atoms with Crippen molar-refractivity contribution in [1.29, 1.82) is 0 Å². The molecule has 6 nitrogen and oxygen atoms in total. The van der Waals surface area contributed by atoms with E-state index in [1.807, 2.05) is 6.92 Å². The Balaban J connectivity index is 2.02. The zero-order chi connectivity index (χ0) is 26.8. The van der Waals surface area contributed by atoms with E-state index in [1.165, 1.54) is 12.1 Å². The standard InChI is InChI=1S/C26H30Cl2FNO5S/c1-4-36(34,35)22(16-5-7-18(27)8-6-16)9-15(2)24-21(17-10-19(28)12-20(29)11-17)13-26(3,14-23(31)32)25(33)30-24/h5-8,10-12,15,21-22,24H,4,9,13-14H2,1-3H3,(H,30,33)(H,31,32)/t15?,21-,22+,24+,26+/m1/s1. The predicted molar refractivity (Wildman–Crippen MR) is 138 cm³/mol. The lowest BCUT2D eigenvalue weighted by atomic mass is 9.67. The van der Waals surface area contributed by atoms with Gasteiger partial charge in [0.05, 0.1) is 17.1 Å². The Hall–Kier alpha value is -2.16. The molecule has 36 heavy (non-hydrogen) atoms. The Labute approximate surface area is 221 Å². The molecule has 0 bridgehead atoms. The molecule has 1 aliphatic heterocycles. The second kappa shape index (κ2) is 11.1. The van der Waals surface area contributed by atoms with Crippen molar-refractivity contribution >= 4 is 44.9 Å². The molecule has 2 N–H and O–H groups in total. The Morgan fingerprint density at radius 1 is 1.19 bits per heavy atom. The smallest absolute Gasteiger partial charge is 0.304 e. The summed E-state index contributed by atoms with van der Waals surface area (Å²) in [7, 11) is -3.52. The van der Waals surface area contributed by atoms with Crippen LogP contribution in [0.5, 0.6) is 0 Å². The summed E-state index contributed by atoms with van der Waals surface area (Å²) in [6.07, 6.45) is -0.0545. The van der Waals surface area contributed by atoms with Crippen LogP contribution in [-0.4, -0.2) is 37.2 Å².